The van der Waals surface area contributed by atoms with Crippen molar-refractivity contribution in [1.29, 1.82) is 0 Å². The van der Waals surface area contributed by atoms with Gasteiger partial charge in [0.15, 0.2) is 5.82 Å². The number of ether oxygens (including phenoxy) is 1. The van der Waals surface area contributed by atoms with E-state index in [1.54, 1.807) is 6.92 Å². The van der Waals surface area contributed by atoms with E-state index >= 15 is 0 Å². The maximum Gasteiger partial charge on any atom is 0.321 e. The van der Waals surface area contributed by atoms with Crippen LogP contribution in [0.2, 0.25) is 0 Å². The molecule has 1 unspecified atom stereocenters. The van der Waals surface area contributed by atoms with Gasteiger partial charge in [0.05, 0.1) is 0 Å². The molecule has 1 aromatic rings. The van der Waals surface area contributed by atoms with Crippen LogP contribution in [-0.2, 0) is 4.74 Å². The number of rotatable bonds is 4. The van der Waals surface area contributed by atoms with Crippen LogP contribution in [0.5, 0.6) is 0 Å². The summed E-state index contributed by atoms with van der Waals surface area (Å²) in [4.78, 5) is 4.05. The lowest BCUT2D eigenvalue weighted by Crippen LogP contribution is -2.09. The Morgan fingerprint density at radius 3 is 3.14 bits per heavy atom. The summed E-state index contributed by atoms with van der Waals surface area (Å²) in [6, 6.07) is 0.515. The van der Waals surface area contributed by atoms with Gasteiger partial charge in [0, 0.05) is 19.8 Å². The van der Waals surface area contributed by atoms with E-state index < -0.39 is 0 Å². The Labute approximate surface area is 82.8 Å². The van der Waals surface area contributed by atoms with E-state index in [0.29, 0.717) is 17.8 Å². The van der Waals surface area contributed by atoms with Gasteiger partial charge in [-0.25, -0.2) is 0 Å². The van der Waals surface area contributed by atoms with E-state index in [9.17, 15) is 0 Å². The zero-order valence-electron chi connectivity index (χ0n) is 8.32. The van der Waals surface area contributed by atoms with Crippen LogP contribution in [0.3, 0.4) is 0 Å². The highest BCUT2D eigenvalue weighted by atomic mass is 16.5. The summed E-state index contributed by atoms with van der Waals surface area (Å²) in [5.74, 6) is 1.35. The Kier molecular flexibility index (Phi) is 2.98. The van der Waals surface area contributed by atoms with Crippen LogP contribution in [0.4, 0.5) is 6.01 Å². The molecule has 0 aromatic carbocycles. The van der Waals surface area contributed by atoms with E-state index in [2.05, 4.69) is 15.5 Å². The zero-order chi connectivity index (χ0) is 9.80. The molecule has 0 aliphatic carbocycles. The van der Waals surface area contributed by atoms with Gasteiger partial charge in [0.25, 0.3) is 0 Å². The monoisotopic (exact) mass is 197 g/mol. The first-order valence-electron chi connectivity index (χ1n) is 4.96. The fraction of sp³-hybridized carbons (Fsp3) is 0.778. The molecule has 14 heavy (non-hydrogen) atoms. The smallest absolute Gasteiger partial charge is 0.321 e. The quantitative estimate of drug-likeness (QED) is 0.786. The first-order chi connectivity index (χ1) is 6.84. The molecule has 1 aromatic heterocycles. The Balaban J connectivity index is 1.67. The van der Waals surface area contributed by atoms with Gasteiger partial charge in [0.2, 0.25) is 0 Å². The Morgan fingerprint density at radius 2 is 2.50 bits per heavy atom. The lowest BCUT2D eigenvalue weighted by atomic mass is 10.1. The minimum atomic E-state index is 0.515. The highest BCUT2D eigenvalue weighted by Crippen LogP contribution is 2.16. The number of hydrogen-bond donors (Lipinski definition) is 1. The second-order valence-corrected chi connectivity index (χ2v) is 3.59. The molecule has 5 heteroatoms. The van der Waals surface area contributed by atoms with E-state index in [-0.39, 0.29) is 0 Å². The average molecular weight is 197 g/mol. The average Bonchev–Trinajstić information content (AvgIpc) is 2.77. The van der Waals surface area contributed by atoms with Crippen LogP contribution >= 0.6 is 0 Å². The third-order valence-electron chi connectivity index (χ3n) is 2.38. The molecule has 1 atom stereocenters. The first-order valence-corrected chi connectivity index (χ1v) is 4.96. The fourth-order valence-electron chi connectivity index (χ4n) is 1.56. The largest absolute Gasteiger partial charge is 0.381 e. The topological polar surface area (TPSA) is 60.2 Å². The second-order valence-electron chi connectivity index (χ2n) is 3.59. The van der Waals surface area contributed by atoms with Crippen LogP contribution in [0.15, 0.2) is 4.52 Å². The number of aryl methyl sites for hydroxylation is 1. The maximum atomic E-state index is 5.28. The van der Waals surface area contributed by atoms with Gasteiger partial charge >= 0.3 is 6.01 Å². The molecular weight excluding hydrogens is 182 g/mol. The van der Waals surface area contributed by atoms with Crippen LogP contribution in [-0.4, -0.2) is 29.9 Å². The number of nitrogens with one attached hydrogen (secondary N) is 1. The summed E-state index contributed by atoms with van der Waals surface area (Å²) >= 11 is 0. The summed E-state index contributed by atoms with van der Waals surface area (Å²) < 4.78 is 10.2. The van der Waals surface area contributed by atoms with E-state index in [0.717, 1.165) is 26.2 Å². The minimum absolute atomic E-state index is 0.515. The molecule has 1 N–H and O–H groups in total. The zero-order valence-corrected chi connectivity index (χ0v) is 8.32. The molecule has 1 aliphatic rings. The number of nitrogens with zero attached hydrogens (tertiary/aromatic N) is 2. The van der Waals surface area contributed by atoms with Crippen molar-refractivity contribution < 1.29 is 9.26 Å². The van der Waals surface area contributed by atoms with Crippen LogP contribution in [0.25, 0.3) is 0 Å². The Morgan fingerprint density at radius 1 is 1.57 bits per heavy atom. The van der Waals surface area contributed by atoms with Crippen LogP contribution < -0.4 is 5.32 Å². The van der Waals surface area contributed by atoms with Crippen molar-refractivity contribution in [1.82, 2.24) is 10.1 Å². The van der Waals surface area contributed by atoms with Crippen LogP contribution in [0, 0.1) is 12.8 Å². The van der Waals surface area contributed by atoms with Crippen molar-refractivity contribution >= 4 is 6.01 Å². The van der Waals surface area contributed by atoms with E-state index in [4.69, 9.17) is 9.26 Å². The van der Waals surface area contributed by atoms with Gasteiger partial charge in [-0.3, -0.25) is 0 Å². The van der Waals surface area contributed by atoms with Crippen molar-refractivity contribution in [3.63, 3.8) is 0 Å². The highest BCUT2D eigenvalue weighted by Gasteiger charge is 2.15. The lowest BCUT2D eigenvalue weighted by Gasteiger charge is -2.05. The lowest BCUT2D eigenvalue weighted by molar-refractivity contribution is 0.185. The minimum Gasteiger partial charge on any atom is -0.381 e. The van der Waals surface area contributed by atoms with Crippen molar-refractivity contribution in [2.45, 2.75) is 19.8 Å². The molecule has 1 saturated heterocycles. The first kappa shape index (κ1) is 9.45. The molecule has 0 saturated carbocycles. The fourth-order valence-corrected chi connectivity index (χ4v) is 1.56. The summed E-state index contributed by atoms with van der Waals surface area (Å²) in [7, 11) is 0. The van der Waals surface area contributed by atoms with Gasteiger partial charge in [-0.2, -0.15) is 4.98 Å². The predicted molar refractivity (Wildman–Crippen MR) is 51.1 cm³/mol. The van der Waals surface area contributed by atoms with E-state index in [1.165, 1.54) is 6.42 Å². The molecule has 1 aliphatic heterocycles. The third-order valence-corrected chi connectivity index (χ3v) is 2.38. The van der Waals surface area contributed by atoms with Crippen LogP contribution in [0.1, 0.15) is 18.7 Å². The molecule has 2 rings (SSSR count). The van der Waals surface area contributed by atoms with Crippen molar-refractivity contribution in [3.05, 3.63) is 5.82 Å². The second kappa shape index (κ2) is 4.41. The summed E-state index contributed by atoms with van der Waals surface area (Å²) in [5.41, 5.74) is 0. The third kappa shape index (κ3) is 2.45. The van der Waals surface area contributed by atoms with Gasteiger partial charge < -0.3 is 14.6 Å². The Bertz CT molecular complexity index is 281. The SMILES string of the molecule is Cc1noc(NCCC2CCOC2)n1. The summed E-state index contributed by atoms with van der Waals surface area (Å²) in [5, 5.41) is 6.79. The molecule has 1 fully saturated rings. The highest BCUT2D eigenvalue weighted by molar-refractivity contribution is 5.17. The van der Waals surface area contributed by atoms with Crippen molar-refractivity contribution in [2.24, 2.45) is 5.92 Å². The Hall–Kier alpha value is -1.10. The molecule has 0 bridgehead atoms. The van der Waals surface area contributed by atoms with Gasteiger partial charge in [0.1, 0.15) is 0 Å². The van der Waals surface area contributed by atoms with Crippen molar-refractivity contribution in [2.75, 3.05) is 25.1 Å². The maximum absolute atomic E-state index is 5.28. The van der Waals surface area contributed by atoms with Gasteiger partial charge in [-0.15, -0.1) is 0 Å². The molecule has 0 radical (unpaired) electrons. The van der Waals surface area contributed by atoms with Crippen molar-refractivity contribution in [3.8, 4) is 0 Å². The number of aromatic nitrogens is 2. The summed E-state index contributed by atoms with van der Waals surface area (Å²) in [6.07, 6.45) is 2.27. The summed E-state index contributed by atoms with van der Waals surface area (Å²) in [6.45, 7) is 4.48. The number of anilines is 1. The van der Waals surface area contributed by atoms with Gasteiger partial charge in [-0.05, 0) is 25.7 Å². The molecule has 2 heterocycles. The molecule has 0 amide bonds. The van der Waals surface area contributed by atoms with E-state index in [1.807, 2.05) is 0 Å². The molecule has 0 spiro atoms. The predicted octanol–water partition coefficient (Wildman–Crippen LogP) is 1.22. The molecule has 5 nitrogen and oxygen atoms in total. The molecule has 78 valence electrons. The normalized spacial score (nSPS) is 21.4. The molecular formula is C9H15N3O2. The van der Waals surface area contributed by atoms with Gasteiger partial charge in [-0.1, -0.05) is 5.16 Å². The number of hydrogen-bond acceptors (Lipinski definition) is 5. The standard InChI is InChI=1S/C9H15N3O2/c1-7-11-9(14-12-7)10-4-2-8-3-5-13-6-8/h8H,2-6H2,1H3,(H,10,11,12).